The summed E-state index contributed by atoms with van der Waals surface area (Å²) in [5.74, 6) is -0.353. The van der Waals surface area contributed by atoms with E-state index in [1.54, 1.807) is 0 Å². The van der Waals surface area contributed by atoms with E-state index in [0.29, 0.717) is 5.92 Å². The van der Waals surface area contributed by atoms with Gasteiger partial charge < -0.3 is 5.11 Å². The van der Waals surface area contributed by atoms with E-state index in [1.807, 2.05) is 24.3 Å². The predicted octanol–water partition coefficient (Wildman–Crippen LogP) is 4.96. The third-order valence-corrected chi connectivity index (χ3v) is 5.56. The Morgan fingerprint density at radius 3 is 2.26 bits per heavy atom. The molecule has 2 rings (SSSR count). The van der Waals surface area contributed by atoms with Crippen LogP contribution < -0.4 is 0 Å². The number of halogens is 1. The molecule has 1 aromatic carbocycles. The molecule has 1 fully saturated rings. The van der Waals surface area contributed by atoms with Crippen molar-refractivity contribution < 1.29 is 9.90 Å². The highest BCUT2D eigenvalue weighted by Gasteiger charge is 2.29. The molecule has 1 N–H and O–H groups in total. The Balaban J connectivity index is 2.06. The molecule has 19 heavy (non-hydrogen) atoms. The van der Waals surface area contributed by atoms with E-state index in [4.69, 9.17) is 0 Å². The van der Waals surface area contributed by atoms with Crippen LogP contribution in [0.2, 0.25) is 0 Å². The van der Waals surface area contributed by atoms with Crippen LogP contribution in [0.3, 0.4) is 0 Å². The van der Waals surface area contributed by atoms with Crippen molar-refractivity contribution in [1.82, 2.24) is 0 Å². The SMILES string of the molecule is O=C(O)C(Sc1ccc(Br)cc1)C1CCCCCC1. The summed E-state index contributed by atoms with van der Waals surface area (Å²) in [6, 6.07) is 7.91. The summed E-state index contributed by atoms with van der Waals surface area (Å²) in [7, 11) is 0. The topological polar surface area (TPSA) is 37.3 Å². The van der Waals surface area contributed by atoms with Crippen LogP contribution in [0, 0.1) is 5.92 Å². The lowest BCUT2D eigenvalue weighted by Crippen LogP contribution is -2.26. The van der Waals surface area contributed by atoms with Crippen LogP contribution in [0.15, 0.2) is 33.6 Å². The van der Waals surface area contributed by atoms with E-state index in [-0.39, 0.29) is 5.25 Å². The summed E-state index contributed by atoms with van der Waals surface area (Å²) in [5.41, 5.74) is 0. The molecule has 1 atom stereocenters. The van der Waals surface area contributed by atoms with Gasteiger partial charge in [-0.1, -0.05) is 41.6 Å². The lowest BCUT2D eigenvalue weighted by atomic mass is 9.96. The number of carbonyl (C=O) groups is 1. The fourth-order valence-corrected chi connectivity index (χ4v) is 4.04. The minimum atomic E-state index is -0.667. The van der Waals surface area contributed by atoms with Crippen LogP contribution in [0.1, 0.15) is 38.5 Å². The normalized spacial score (nSPS) is 18.8. The van der Waals surface area contributed by atoms with Crippen LogP contribution in [0.5, 0.6) is 0 Å². The highest BCUT2D eigenvalue weighted by molar-refractivity contribution is 9.10. The third kappa shape index (κ3) is 4.53. The van der Waals surface area contributed by atoms with E-state index in [0.717, 1.165) is 22.2 Å². The maximum absolute atomic E-state index is 11.6. The molecule has 0 radical (unpaired) electrons. The second-order valence-corrected chi connectivity index (χ2v) is 7.21. The molecule has 0 aromatic heterocycles. The third-order valence-electron chi connectivity index (χ3n) is 3.65. The van der Waals surface area contributed by atoms with E-state index < -0.39 is 5.97 Å². The second kappa shape index (κ2) is 7.34. The zero-order chi connectivity index (χ0) is 13.7. The van der Waals surface area contributed by atoms with Gasteiger partial charge in [0.05, 0.1) is 0 Å². The van der Waals surface area contributed by atoms with Gasteiger partial charge in [0.15, 0.2) is 0 Å². The fraction of sp³-hybridized carbons (Fsp3) is 0.533. The number of carboxylic acids is 1. The lowest BCUT2D eigenvalue weighted by molar-refractivity contribution is -0.137. The Bertz CT molecular complexity index is 411. The highest BCUT2D eigenvalue weighted by atomic mass is 79.9. The van der Waals surface area contributed by atoms with Crippen LogP contribution in [0.25, 0.3) is 0 Å². The largest absolute Gasteiger partial charge is 0.480 e. The summed E-state index contributed by atoms with van der Waals surface area (Å²) in [6.07, 6.45) is 6.98. The molecule has 1 unspecified atom stereocenters. The number of benzene rings is 1. The minimum Gasteiger partial charge on any atom is -0.480 e. The molecule has 0 saturated heterocycles. The Hall–Kier alpha value is -0.480. The van der Waals surface area contributed by atoms with Gasteiger partial charge in [0.2, 0.25) is 0 Å². The predicted molar refractivity (Wildman–Crippen MR) is 82.6 cm³/mol. The van der Waals surface area contributed by atoms with Crippen LogP contribution >= 0.6 is 27.7 Å². The first-order valence-electron chi connectivity index (χ1n) is 6.82. The minimum absolute atomic E-state index is 0.306. The van der Waals surface area contributed by atoms with Gasteiger partial charge in [-0.15, -0.1) is 11.8 Å². The molecule has 2 nitrogen and oxygen atoms in total. The van der Waals surface area contributed by atoms with E-state index in [9.17, 15) is 9.90 Å². The van der Waals surface area contributed by atoms with Crippen molar-refractivity contribution in [2.45, 2.75) is 48.7 Å². The van der Waals surface area contributed by atoms with Gasteiger partial charge in [-0.25, -0.2) is 0 Å². The van der Waals surface area contributed by atoms with E-state index in [1.165, 1.54) is 37.4 Å². The van der Waals surface area contributed by atoms with Crippen molar-refractivity contribution in [2.24, 2.45) is 5.92 Å². The number of hydrogen-bond acceptors (Lipinski definition) is 2. The van der Waals surface area contributed by atoms with E-state index in [2.05, 4.69) is 15.9 Å². The molecule has 0 aliphatic heterocycles. The highest BCUT2D eigenvalue weighted by Crippen LogP contribution is 2.36. The molecule has 0 spiro atoms. The number of aliphatic carboxylic acids is 1. The lowest BCUT2D eigenvalue weighted by Gasteiger charge is -2.22. The number of thioether (sulfide) groups is 1. The Morgan fingerprint density at radius 2 is 1.74 bits per heavy atom. The van der Waals surface area contributed by atoms with Crippen molar-refractivity contribution in [3.8, 4) is 0 Å². The molecular formula is C15H19BrO2S. The first-order valence-corrected chi connectivity index (χ1v) is 8.49. The summed E-state index contributed by atoms with van der Waals surface area (Å²) in [6.45, 7) is 0. The molecule has 1 aromatic rings. The van der Waals surface area contributed by atoms with Gasteiger partial charge in [0.25, 0.3) is 0 Å². The maximum atomic E-state index is 11.6. The Kier molecular flexibility index (Phi) is 5.76. The smallest absolute Gasteiger partial charge is 0.317 e. The Morgan fingerprint density at radius 1 is 1.16 bits per heavy atom. The van der Waals surface area contributed by atoms with Crippen molar-refractivity contribution in [2.75, 3.05) is 0 Å². The molecule has 4 heteroatoms. The first kappa shape index (κ1) is 14.9. The van der Waals surface area contributed by atoms with Crippen molar-refractivity contribution in [1.29, 1.82) is 0 Å². The second-order valence-electron chi connectivity index (χ2n) is 5.08. The zero-order valence-electron chi connectivity index (χ0n) is 10.8. The molecular weight excluding hydrogens is 324 g/mol. The molecule has 0 heterocycles. The van der Waals surface area contributed by atoms with Crippen LogP contribution in [-0.4, -0.2) is 16.3 Å². The fourth-order valence-electron chi connectivity index (χ4n) is 2.62. The van der Waals surface area contributed by atoms with Crippen molar-refractivity contribution >= 4 is 33.7 Å². The van der Waals surface area contributed by atoms with Gasteiger partial charge in [-0.3, -0.25) is 4.79 Å². The summed E-state index contributed by atoms with van der Waals surface area (Å²) in [5, 5.41) is 9.20. The van der Waals surface area contributed by atoms with Crippen LogP contribution in [0.4, 0.5) is 0 Å². The van der Waals surface area contributed by atoms with Gasteiger partial charge in [-0.05, 0) is 43.0 Å². The molecule has 1 aliphatic rings. The van der Waals surface area contributed by atoms with E-state index >= 15 is 0 Å². The number of hydrogen-bond donors (Lipinski definition) is 1. The van der Waals surface area contributed by atoms with Gasteiger partial charge in [0.1, 0.15) is 5.25 Å². The first-order chi connectivity index (χ1) is 9.16. The van der Waals surface area contributed by atoms with Gasteiger partial charge in [0, 0.05) is 9.37 Å². The quantitative estimate of drug-likeness (QED) is 0.620. The molecule has 0 amide bonds. The molecule has 104 valence electrons. The summed E-state index contributed by atoms with van der Waals surface area (Å²) < 4.78 is 1.03. The Labute approximate surface area is 127 Å². The maximum Gasteiger partial charge on any atom is 0.317 e. The van der Waals surface area contributed by atoms with Crippen molar-refractivity contribution in [3.05, 3.63) is 28.7 Å². The summed E-state index contributed by atoms with van der Waals surface area (Å²) in [4.78, 5) is 12.6. The zero-order valence-corrected chi connectivity index (χ0v) is 13.3. The standard InChI is InChI=1S/C15H19BrO2S/c16-12-7-9-13(10-8-12)19-14(15(17)18)11-5-3-1-2-4-6-11/h7-11,14H,1-6H2,(H,17,18). The van der Waals surface area contributed by atoms with Crippen LogP contribution in [-0.2, 0) is 4.79 Å². The average molecular weight is 343 g/mol. The molecule has 0 bridgehead atoms. The molecule has 1 aliphatic carbocycles. The van der Waals surface area contributed by atoms with Gasteiger partial charge >= 0.3 is 5.97 Å². The number of rotatable bonds is 4. The van der Waals surface area contributed by atoms with Crippen molar-refractivity contribution in [3.63, 3.8) is 0 Å². The molecule has 1 saturated carbocycles. The monoisotopic (exact) mass is 342 g/mol. The summed E-state index contributed by atoms with van der Waals surface area (Å²) >= 11 is 4.90. The average Bonchev–Trinajstić information content (AvgIpc) is 2.66. The number of carboxylic acid groups (broad SMARTS) is 1. The van der Waals surface area contributed by atoms with Gasteiger partial charge in [-0.2, -0.15) is 0 Å².